The summed E-state index contributed by atoms with van der Waals surface area (Å²) in [7, 11) is -2.07. The molecule has 7 nitrogen and oxygen atoms in total. The predicted octanol–water partition coefficient (Wildman–Crippen LogP) is 0.664. The molecule has 0 spiro atoms. The lowest BCUT2D eigenvalue weighted by molar-refractivity contribution is 0.598. The Balaban J connectivity index is 2.29. The predicted molar refractivity (Wildman–Crippen MR) is 61.1 cm³/mol. The molecule has 1 N–H and O–H groups in total. The number of hydrogen-bond donors (Lipinski definition) is 1. The Kier molecular flexibility index (Phi) is 2.99. The lowest BCUT2D eigenvalue weighted by atomic mass is 10.6. The van der Waals surface area contributed by atoms with E-state index in [0.717, 1.165) is 0 Å². The number of aryl methyl sites for hydroxylation is 1. The van der Waals surface area contributed by atoms with Gasteiger partial charge in [0.1, 0.15) is 5.82 Å². The molecular formula is C8H8ClN5O2S. The van der Waals surface area contributed by atoms with E-state index in [-0.39, 0.29) is 16.1 Å². The first kappa shape index (κ1) is 11.8. The van der Waals surface area contributed by atoms with Crippen LogP contribution in [0.25, 0.3) is 0 Å². The summed E-state index contributed by atoms with van der Waals surface area (Å²) >= 11 is 5.55. The molecule has 90 valence electrons. The first-order valence-corrected chi connectivity index (χ1v) is 6.33. The second-order valence-corrected chi connectivity index (χ2v) is 5.16. The topological polar surface area (TPSA) is 89.8 Å². The quantitative estimate of drug-likeness (QED) is 0.830. The van der Waals surface area contributed by atoms with Crippen molar-refractivity contribution >= 4 is 27.4 Å². The van der Waals surface area contributed by atoms with E-state index in [1.54, 1.807) is 7.05 Å². The molecule has 0 bridgehead atoms. The molecule has 0 aromatic carbocycles. The van der Waals surface area contributed by atoms with Crippen molar-refractivity contribution in [3.63, 3.8) is 0 Å². The normalized spacial score (nSPS) is 11.4. The van der Waals surface area contributed by atoms with Gasteiger partial charge in [-0.1, -0.05) is 0 Å². The van der Waals surface area contributed by atoms with Crippen LogP contribution in [0.5, 0.6) is 0 Å². The standard InChI is InChI=1S/C8H8ClN5O2S/c1-14-4-7(11-5-14)17(15,16)13-6-2-3-10-8(9)12-6/h2-5H,1H3,(H,10,12,13). The van der Waals surface area contributed by atoms with Crippen LogP contribution < -0.4 is 4.72 Å². The summed E-state index contributed by atoms with van der Waals surface area (Å²) in [5.41, 5.74) is 0. The molecular weight excluding hydrogens is 266 g/mol. The number of anilines is 1. The highest BCUT2D eigenvalue weighted by Gasteiger charge is 2.17. The minimum atomic E-state index is -3.74. The average Bonchev–Trinajstić information content (AvgIpc) is 2.65. The van der Waals surface area contributed by atoms with E-state index in [0.29, 0.717) is 0 Å². The van der Waals surface area contributed by atoms with Crippen LogP contribution in [-0.2, 0) is 17.1 Å². The van der Waals surface area contributed by atoms with E-state index in [4.69, 9.17) is 11.6 Å². The van der Waals surface area contributed by atoms with Crippen LogP contribution in [0.1, 0.15) is 0 Å². The maximum atomic E-state index is 11.8. The van der Waals surface area contributed by atoms with Crippen LogP contribution in [0.3, 0.4) is 0 Å². The number of imidazole rings is 1. The van der Waals surface area contributed by atoms with Crippen molar-refractivity contribution in [1.29, 1.82) is 0 Å². The van der Waals surface area contributed by atoms with E-state index < -0.39 is 10.0 Å². The zero-order chi connectivity index (χ0) is 12.5. The molecule has 0 aliphatic heterocycles. The molecule has 0 unspecified atom stereocenters. The summed E-state index contributed by atoms with van der Waals surface area (Å²) in [6.07, 6.45) is 4.12. The molecule has 2 aromatic heterocycles. The third kappa shape index (κ3) is 2.71. The van der Waals surface area contributed by atoms with Crippen molar-refractivity contribution in [3.8, 4) is 0 Å². The smallest absolute Gasteiger partial charge is 0.282 e. The zero-order valence-corrected chi connectivity index (χ0v) is 10.3. The number of aromatic nitrogens is 4. The Morgan fingerprint density at radius 3 is 2.76 bits per heavy atom. The summed E-state index contributed by atoms with van der Waals surface area (Å²) in [6.45, 7) is 0. The molecule has 0 saturated carbocycles. The van der Waals surface area contributed by atoms with Gasteiger partial charge < -0.3 is 4.57 Å². The van der Waals surface area contributed by atoms with E-state index in [1.807, 2.05) is 0 Å². The minimum absolute atomic E-state index is 0.0359. The molecule has 2 heterocycles. The fraction of sp³-hybridized carbons (Fsp3) is 0.125. The van der Waals surface area contributed by atoms with Gasteiger partial charge in [-0.3, -0.25) is 4.72 Å². The SMILES string of the molecule is Cn1cnc(S(=O)(=O)Nc2ccnc(Cl)n2)c1. The third-order valence-electron chi connectivity index (χ3n) is 1.82. The number of nitrogens with one attached hydrogen (secondary N) is 1. The molecule has 0 fully saturated rings. The number of hydrogen-bond acceptors (Lipinski definition) is 5. The van der Waals surface area contributed by atoms with Gasteiger partial charge in [-0.25, -0.2) is 9.97 Å². The number of rotatable bonds is 3. The van der Waals surface area contributed by atoms with Gasteiger partial charge in [0.15, 0.2) is 5.03 Å². The van der Waals surface area contributed by atoms with Crippen LogP contribution in [-0.4, -0.2) is 27.9 Å². The van der Waals surface area contributed by atoms with Gasteiger partial charge in [0.25, 0.3) is 10.0 Å². The van der Waals surface area contributed by atoms with Gasteiger partial charge in [0.05, 0.1) is 6.33 Å². The average molecular weight is 274 g/mol. The molecule has 0 atom stereocenters. The second-order valence-electron chi connectivity index (χ2n) is 3.19. The molecule has 0 radical (unpaired) electrons. The molecule has 2 rings (SSSR count). The van der Waals surface area contributed by atoms with E-state index >= 15 is 0 Å². The van der Waals surface area contributed by atoms with Crippen LogP contribution in [0.4, 0.5) is 5.82 Å². The van der Waals surface area contributed by atoms with Crippen molar-refractivity contribution < 1.29 is 8.42 Å². The lowest BCUT2D eigenvalue weighted by Gasteiger charge is -2.03. The number of nitrogens with zero attached hydrogens (tertiary/aromatic N) is 4. The Morgan fingerprint density at radius 1 is 1.41 bits per heavy atom. The first-order chi connectivity index (χ1) is 7.97. The highest BCUT2D eigenvalue weighted by atomic mass is 35.5. The van der Waals surface area contributed by atoms with Gasteiger partial charge in [-0.05, 0) is 17.7 Å². The van der Waals surface area contributed by atoms with Crippen molar-refractivity contribution in [2.75, 3.05) is 4.72 Å². The summed E-state index contributed by atoms with van der Waals surface area (Å²) in [6, 6.07) is 1.40. The summed E-state index contributed by atoms with van der Waals surface area (Å²) in [5.74, 6) is 0.0932. The maximum Gasteiger partial charge on any atom is 0.282 e. The molecule has 0 amide bonds. The summed E-state index contributed by atoms with van der Waals surface area (Å²) in [4.78, 5) is 11.1. The Bertz CT molecular complexity index is 639. The fourth-order valence-electron chi connectivity index (χ4n) is 1.11. The maximum absolute atomic E-state index is 11.8. The minimum Gasteiger partial charge on any atom is -0.339 e. The van der Waals surface area contributed by atoms with Gasteiger partial charge in [-0.2, -0.15) is 13.4 Å². The fourth-order valence-corrected chi connectivity index (χ4v) is 2.24. The number of halogens is 1. The van der Waals surface area contributed by atoms with Crippen molar-refractivity contribution in [2.24, 2.45) is 7.05 Å². The van der Waals surface area contributed by atoms with Crippen LogP contribution in [0.15, 0.2) is 29.8 Å². The third-order valence-corrected chi connectivity index (χ3v) is 3.24. The van der Waals surface area contributed by atoms with Crippen LogP contribution >= 0.6 is 11.6 Å². The largest absolute Gasteiger partial charge is 0.339 e. The number of sulfonamides is 1. The molecule has 0 saturated heterocycles. The van der Waals surface area contributed by atoms with Gasteiger partial charge >= 0.3 is 0 Å². The lowest BCUT2D eigenvalue weighted by Crippen LogP contribution is -2.14. The van der Waals surface area contributed by atoms with Crippen LogP contribution in [0.2, 0.25) is 5.28 Å². The summed E-state index contributed by atoms with van der Waals surface area (Å²) in [5, 5.41) is -0.124. The van der Waals surface area contributed by atoms with Crippen molar-refractivity contribution in [2.45, 2.75) is 5.03 Å². The van der Waals surface area contributed by atoms with E-state index in [2.05, 4.69) is 19.7 Å². The monoisotopic (exact) mass is 273 g/mol. The highest BCUT2D eigenvalue weighted by molar-refractivity contribution is 7.92. The molecule has 9 heteroatoms. The highest BCUT2D eigenvalue weighted by Crippen LogP contribution is 2.12. The molecule has 17 heavy (non-hydrogen) atoms. The van der Waals surface area contributed by atoms with Crippen molar-refractivity contribution in [3.05, 3.63) is 30.1 Å². The molecule has 0 aliphatic rings. The van der Waals surface area contributed by atoms with E-state index in [9.17, 15) is 8.42 Å². The van der Waals surface area contributed by atoms with Crippen molar-refractivity contribution in [1.82, 2.24) is 19.5 Å². The summed E-state index contributed by atoms with van der Waals surface area (Å²) < 4.78 is 27.5. The zero-order valence-electron chi connectivity index (χ0n) is 8.70. The molecule has 0 aliphatic carbocycles. The second kappa shape index (κ2) is 4.30. The van der Waals surface area contributed by atoms with Crippen LogP contribution in [0, 0.1) is 0 Å². The molecule has 2 aromatic rings. The Labute approximate surface area is 103 Å². The van der Waals surface area contributed by atoms with Gasteiger partial charge in [0, 0.05) is 19.4 Å². The van der Waals surface area contributed by atoms with Gasteiger partial charge in [0.2, 0.25) is 5.28 Å². The Morgan fingerprint density at radius 2 is 2.18 bits per heavy atom. The first-order valence-electron chi connectivity index (χ1n) is 4.47. The van der Waals surface area contributed by atoms with Gasteiger partial charge in [-0.15, -0.1) is 0 Å². The van der Waals surface area contributed by atoms with E-state index in [1.165, 1.54) is 29.4 Å². The Hall–Kier alpha value is -1.67.